The van der Waals surface area contributed by atoms with Crippen LogP contribution in [-0.4, -0.2) is 34.2 Å². The Labute approximate surface area is 198 Å². The van der Waals surface area contributed by atoms with Crippen LogP contribution in [0.4, 0.5) is 19.0 Å². The number of anilines is 1. The molecule has 3 aromatic heterocycles. The van der Waals surface area contributed by atoms with Crippen LogP contribution < -0.4 is 10.1 Å². The molecule has 0 amide bonds. The summed E-state index contributed by atoms with van der Waals surface area (Å²) in [5, 5.41) is 4.22. The minimum absolute atomic E-state index is 0.184. The van der Waals surface area contributed by atoms with E-state index in [0.717, 1.165) is 44.2 Å². The predicted octanol–water partition coefficient (Wildman–Crippen LogP) is 5.77. The van der Waals surface area contributed by atoms with E-state index in [1.54, 1.807) is 6.07 Å². The molecule has 0 saturated carbocycles. The lowest BCUT2D eigenvalue weighted by Gasteiger charge is -2.30. The van der Waals surface area contributed by atoms with Gasteiger partial charge in [-0.25, -0.2) is 15.0 Å². The molecule has 6 nitrogen and oxygen atoms in total. The van der Waals surface area contributed by atoms with Gasteiger partial charge in [-0.3, -0.25) is 0 Å². The molecule has 0 radical (unpaired) electrons. The Morgan fingerprint density at radius 3 is 2.79 bits per heavy atom. The zero-order valence-electron chi connectivity index (χ0n) is 18.9. The first kappa shape index (κ1) is 22.8. The molecule has 4 heterocycles. The fourth-order valence-corrected chi connectivity index (χ4v) is 5.26. The summed E-state index contributed by atoms with van der Waals surface area (Å²) in [6.45, 7) is 5.04. The maximum absolute atomic E-state index is 13.3. The third-order valence-corrected chi connectivity index (χ3v) is 7.00. The van der Waals surface area contributed by atoms with Gasteiger partial charge >= 0.3 is 6.18 Å². The Morgan fingerprint density at radius 1 is 1.21 bits per heavy atom. The highest BCUT2D eigenvalue weighted by Crippen LogP contribution is 2.39. The Morgan fingerprint density at radius 2 is 2.03 bits per heavy atom. The molecule has 0 fully saturated rings. The molecule has 0 saturated heterocycles. The van der Waals surface area contributed by atoms with Crippen molar-refractivity contribution < 1.29 is 22.6 Å². The van der Waals surface area contributed by atoms with Gasteiger partial charge in [-0.2, -0.15) is 13.2 Å². The number of benzene rings is 1. The van der Waals surface area contributed by atoms with Crippen molar-refractivity contribution in [2.75, 3.05) is 19.0 Å². The van der Waals surface area contributed by atoms with Gasteiger partial charge in [-0.1, -0.05) is 6.07 Å². The number of pyridine rings is 1. The molecule has 10 heteroatoms. The first-order valence-corrected chi connectivity index (χ1v) is 11.6. The van der Waals surface area contributed by atoms with Crippen LogP contribution in [0.1, 0.15) is 36.2 Å². The SMILES string of the molecule is COc1ccc(CCNc2ncnc3c2sc2nc4c(cc23)COC(C)(C)C4)cc1C(F)(F)F. The molecule has 0 unspecified atom stereocenters. The summed E-state index contributed by atoms with van der Waals surface area (Å²) in [7, 11) is 1.23. The molecular formula is C24H23F3N4O2S. The predicted molar refractivity (Wildman–Crippen MR) is 125 cm³/mol. The fourth-order valence-electron chi connectivity index (χ4n) is 4.17. The number of hydrogen-bond donors (Lipinski definition) is 1. The summed E-state index contributed by atoms with van der Waals surface area (Å²) in [6, 6.07) is 6.22. The molecule has 0 atom stereocenters. The zero-order valence-corrected chi connectivity index (χ0v) is 19.7. The van der Waals surface area contributed by atoms with Crippen molar-refractivity contribution in [1.29, 1.82) is 0 Å². The molecular weight excluding hydrogens is 465 g/mol. The molecule has 1 aromatic carbocycles. The number of halogens is 3. The number of aromatic nitrogens is 3. The first-order chi connectivity index (χ1) is 16.1. The molecule has 1 aliphatic rings. The number of thiophene rings is 1. The Bertz CT molecular complexity index is 1380. The summed E-state index contributed by atoms with van der Waals surface area (Å²) in [6.07, 6.45) is -1.85. The highest BCUT2D eigenvalue weighted by molar-refractivity contribution is 7.25. The number of rotatable bonds is 5. The number of alkyl halides is 3. The van der Waals surface area contributed by atoms with Crippen LogP contribution in [0.25, 0.3) is 20.4 Å². The van der Waals surface area contributed by atoms with Crippen LogP contribution >= 0.6 is 11.3 Å². The molecule has 0 aliphatic carbocycles. The Hall–Kier alpha value is -2.98. The van der Waals surface area contributed by atoms with Crippen LogP contribution in [0.15, 0.2) is 30.6 Å². The number of nitrogens with one attached hydrogen (secondary N) is 1. The van der Waals surface area contributed by atoms with Crippen molar-refractivity contribution in [3.63, 3.8) is 0 Å². The van der Waals surface area contributed by atoms with Crippen molar-refractivity contribution in [2.24, 2.45) is 0 Å². The zero-order chi connectivity index (χ0) is 24.1. The van der Waals surface area contributed by atoms with Crippen LogP contribution in [0, 0.1) is 0 Å². The second-order valence-corrected chi connectivity index (χ2v) is 9.88. The Balaban J connectivity index is 1.40. The molecule has 0 bridgehead atoms. The summed E-state index contributed by atoms with van der Waals surface area (Å²) in [4.78, 5) is 14.6. The van der Waals surface area contributed by atoms with Crippen molar-refractivity contribution in [3.05, 3.63) is 53.0 Å². The summed E-state index contributed by atoms with van der Waals surface area (Å²) in [5.41, 5.74) is 2.45. The minimum Gasteiger partial charge on any atom is -0.496 e. The van der Waals surface area contributed by atoms with E-state index in [4.69, 9.17) is 14.5 Å². The molecule has 34 heavy (non-hydrogen) atoms. The van der Waals surface area contributed by atoms with Gasteiger partial charge in [0.2, 0.25) is 0 Å². The second-order valence-electron chi connectivity index (χ2n) is 8.88. The number of ether oxygens (including phenoxy) is 2. The Kier molecular flexibility index (Phi) is 5.60. The van der Waals surface area contributed by atoms with Crippen LogP contribution in [0.5, 0.6) is 5.75 Å². The van der Waals surface area contributed by atoms with E-state index in [2.05, 4.69) is 35.2 Å². The maximum Gasteiger partial charge on any atom is 0.419 e. The molecule has 4 aromatic rings. The van der Waals surface area contributed by atoms with Gasteiger partial charge in [0.05, 0.1) is 40.8 Å². The van der Waals surface area contributed by atoms with Gasteiger partial charge in [-0.15, -0.1) is 11.3 Å². The largest absolute Gasteiger partial charge is 0.496 e. The van der Waals surface area contributed by atoms with Crippen molar-refractivity contribution in [1.82, 2.24) is 15.0 Å². The van der Waals surface area contributed by atoms with E-state index in [0.29, 0.717) is 31.0 Å². The average molecular weight is 489 g/mol. The third-order valence-electron chi connectivity index (χ3n) is 5.90. The summed E-state index contributed by atoms with van der Waals surface area (Å²) >= 11 is 1.51. The number of fused-ring (bicyclic) bond motifs is 4. The fraction of sp³-hybridized carbons (Fsp3) is 0.375. The summed E-state index contributed by atoms with van der Waals surface area (Å²) in [5.74, 6) is 0.461. The van der Waals surface area contributed by atoms with E-state index in [1.807, 2.05) is 0 Å². The molecule has 5 rings (SSSR count). The van der Waals surface area contributed by atoms with Gasteiger partial charge in [0, 0.05) is 23.9 Å². The van der Waals surface area contributed by atoms with E-state index < -0.39 is 11.7 Å². The van der Waals surface area contributed by atoms with E-state index >= 15 is 0 Å². The van der Waals surface area contributed by atoms with Crippen molar-refractivity contribution >= 4 is 37.6 Å². The molecule has 0 spiro atoms. The summed E-state index contributed by atoms with van der Waals surface area (Å²) < 4.78 is 51.6. The first-order valence-electron chi connectivity index (χ1n) is 10.8. The lowest BCUT2D eigenvalue weighted by atomic mass is 9.95. The third kappa shape index (κ3) is 4.27. The van der Waals surface area contributed by atoms with Crippen molar-refractivity contribution in [3.8, 4) is 5.75 Å². The van der Waals surface area contributed by atoms with Gasteiger partial charge in [0.25, 0.3) is 0 Å². The maximum atomic E-state index is 13.3. The van der Waals surface area contributed by atoms with E-state index in [1.165, 1.54) is 30.8 Å². The van der Waals surface area contributed by atoms with Crippen molar-refractivity contribution in [2.45, 2.75) is 45.1 Å². The quantitative estimate of drug-likeness (QED) is 0.385. The van der Waals surface area contributed by atoms with Gasteiger partial charge < -0.3 is 14.8 Å². The van der Waals surface area contributed by atoms with Crippen LogP contribution in [0.2, 0.25) is 0 Å². The monoisotopic (exact) mass is 488 g/mol. The topological polar surface area (TPSA) is 69.2 Å². The lowest BCUT2D eigenvalue weighted by Crippen LogP contribution is -2.32. The average Bonchev–Trinajstić information content (AvgIpc) is 3.14. The number of hydrogen-bond acceptors (Lipinski definition) is 7. The number of nitrogens with zero attached hydrogens (tertiary/aromatic N) is 3. The highest BCUT2D eigenvalue weighted by atomic mass is 32.1. The standard InChI is InChI=1S/C24H23F3N4O2S/c1-23(2)10-17-14(11-33-23)9-15-19-20(34-22(15)31-17)21(30-12-29-19)28-7-6-13-4-5-18(32-3)16(8-13)24(25,26)27/h4-5,8-9,12H,6-7,10-11H2,1-3H3,(H,28,29,30). The molecule has 1 N–H and O–H groups in total. The second kappa shape index (κ2) is 8.35. The lowest BCUT2D eigenvalue weighted by molar-refractivity contribution is -0.138. The van der Waals surface area contributed by atoms with E-state index in [-0.39, 0.29) is 11.4 Å². The van der Waals surface area contributed by atoms with Gasteiger partial charge in [0.15, 0.2) is 0 Å². The normalized spacial score (nSPS) is 15.5. The van der Waals surface area contributed by atoms with E-state index in [9.17, 15) is 13.2 Å². The number of methoxy groups -OCH3 is 1. The molecule has 1 aliphatic heterocycles. The van der Waals surface area contributed by atoms with Crippen LogP contribution in [0.3, 0.4) is 0 Å². The van der Waals surface area contributed by atoms with Gasteiger partial charge in [-0.05, 0) is 44.0 Å². The minimum atomic E-state index is -4.48. The van der Waals surface area contributed by atoms with Gasteiger partial charge in [0.1, 0.15) is 22.7 Å². The van der Waals surface area contributed by atoms with Crippen LogP contribution in [-0.2, 0) is 30.4 Å². The smallest absolute Gasteiger partial charge is 0.419 e. The molecule has 178 valence electrons. The highest BCUT2D eigenvalue weighted by Gasteiger charge is 2.34.